The lowest BCUT2D eigenvalue weighted by atomic mass is 9.97. The van der Waals surface area contributed by atoms with Gasteiger partial charge in [-0.2, -0.15) is 0 Å². The molecule has 3 nitrogen and oxygen atoms in total. The highest BCUT2D eigenvalue weighted by Gasteiger charge is 2.16. The third kappa shape index (κ3) is 4.58. The van der Waals surface area contributed by atoms with E-state index in [0.29, 0.717) is 12.1 Å². The van der Waals surface area contributed by atoms with Crippen molar-refractivity contribution in [3.05, 3.63) is 34.9 Å². The maximum atomic E-state index is 5.70. The normalized spacial score (nSPS) is 20.2. The molecule has 1 fully saturated rings. The second-order valence-corrected chi connectivity index (χ2v) is 6.05. The third-order valence-electron chi connectivity index (χ3n) is 4.39. The van der Waals surface area contributed by atoms with Crippen molar-refractivity contribution < 1.29 is 4.74 Å². The second-order valence-electron chi connectivity index (χ2n) is 6.05. The average Bonchev–Trinajstić information content (AvgIpc) is 2.95. The number of hydrogen-bond acceptors (Lipinski definition) is 3. The number of rotatable bonds is 7. The molecule has 0 aliphatic carbocycles. The maximum Gasteiger partial charge on any atom is 0.0576 e. The largest absolute Gasteiger partial charge is 0.378 e. The number of nitrogens with two attached hydrogens (primary N) is 1. The number of hydrogen-bond donors (Lipinski definition) is 2. The molecular weight excluding hydrogens is 248 g/mol. The molecule has 0 saturated carbocycles. The van der Waals surface area contributed by atoms with Crippen LogP contribution in [0, 0.1) is 13.8 Å². The lowest BCUT2D eigenvalue weighted by molar-refractivity contribution is 0.101. The van der Waals surface area contributed by atoms with E-state index < -0.39 is 0 Å². The van der Waals surface area contributed by atoms with Gasteiger partial charge in [0.1, 0.15) is 0 Å². The number of ether oxygens (including phenoxy) is 1. The van der Waals surface area contributed by atoms with E-state index >= 15 is 0 Å². The van der Waals surface area contributed by atoms with Crippen LogP contribution in [0.3, 0.4) is 0 Å². The van der Waals surface area contributed by atoms with E-state index in [1.54, 1.807) is 0 Å². The van der Waals surface area contributed by atoms with Gasteiger partial charge in [0.05, 0.1) is 6.10 Å². The SMILES string of the molecule is Cc1ccc(CC(CCCC2CCCO2)NN)cc1C. The Hall–Kier alpha value is -0.900. The molecule has 2 atom stereocenters. The van der Waals surface area contributed by atoms with Gasteiger partial charge in [-0.05, 0) is 69.1 Å². The van der Waals surface area contributed by atoms with Crippen molar-refractivity contribution >= 4 is 0 Å². The van der Waals surface area contributed by atoms with Crippen molar-refractivity contribution in [2.24, 2.45) is 5.84 Å². The molecule has 1 saturated heterocycles. The zero-order valence-corrected chi connectivity index (χ0v) is 12.8. The zero-order chi connectivity index (χ0) is 14.4. The first kappa shape index (κ1) is 15.5. The number of aryl methyl sites for hydroxylation is 2. The van der Waals surface area contributed by atoms with Gasteiger partial charge in [-0.3, -0.25) is 11.3 Å². The van der Waals surface area contributed by atoms with Crippen LogP contribution in [0.25, 0.3) is 0 Å². The van der Waals surface area contributed by atoms with Crippen molar-refractivity contribution in [2.75, 3.05) is 6.61 Å². The van der Waals surface area contributed by atoms with Gasteiger partial charge >= 0.3 is 0 Å². The fourth-order valence-corrected chi connectivity index (χ4v) is 2.92. The molecule has 2 unspecified atom stereocenters. The molecule has 3 heteroatoms. The lowest BCUT2D eigenvalue weighted by Crippen LogP contribution is -2.36. The van der Waals surface area contributed by atoms with E-state index in [-0.39, 0.29) is 0 Å². The van der Waals surface area contributed by atoms with Crippen molar-refractivity contribution in [3.8, 4) is 0 Å². The molecule has 0 radical (unpaired) electrons. The van der Waals surface area contributed by atoms with Gasteiger partial charge in [-0.1, -0.05) is 18.2 Å². The Morgan fingerprint density at radius 3 is 2.85 bits per heavy atom. The molecular formula is C17H28N2O. The van der Waals surface area contributed by atoms with Gasteiger partial charge in [0.2, 0.25) is 0 Å². The average molecular weight is 276 g/mol. The van der Waals surface area contributed by atoms with E-state index in [2.05, 4.69) is 37.5 Å². The highest BCUT2D eigenvalue weighted by atomic mass is 16.5. The van der Waals surface area contributed by atoms with Crippen LogP contribution in [-0.4, -0.2) is 18.8 Å². The number of benzene rings is 1. The van der Waals surface area contributed by atoms with Gasteiger partial charge < -0.3 is 4.74 Å². The van der Waals surface area contributed by atoms with Gasteiger partial charge in [0.25, 0.3) is 0 Å². The molecule has 112 valence electrons. The zero-order valence-electron chi connectivity index (χ0n) is 12.8. The van der Waals surface area contributed by atoms with E-state index in [0.717, 1.165) is 19.4 Å². The number of hydrazine groups is 1. The van der Waals surface area contributed by atoms with E-state index in [1.165, 1.54) is 42.4 Å². The lowest BCUT2D eigenvalue weighted by Gasteiger charge is -2.17. The molecule has 1 aromatic rings. The first-order valence-electron chi connectivity index (χ1n) is 7.83. The molecule has 0 spiro atoms. The predicted octanol–water partition coefficient (Wildman–Crippen LogP) is 3.03. The summed E-state index contributed by atoms with van der Waals surface area (Å²) >= 11 is 0. The van der Waals surface area contributed by atoms with Crippen LogP contribution in [0.5, 0.6) is 0 Å². The molecule has 20 heavy (non-hydrogen) atoms. The summed E-state index contributed by atoms with van der Waals surface area (Å²) < 4.78 is 5.66. The van der Waals surface area contributed by atoms with Crippen LogP contribution < -0.4 is 11.3 Å². The van der Waals surface area contributed by atoms with E-state index in [9.17, 15) is 0 Å². The molecule has 1 aliphatic rings. The quantitative estimate of drug-likeness (QED) is 0.594. The molecule has 0 bridgehead atoms. The van der Waals surface area contributed by atoms with Crippen molar-refractivity contribution in [1.29, 1.82) is 0 Å². The fourth-order valence-electron chi connectivity index (χ4n) is 2.92. The first-order valence-corrected chi connectivity index (χ1v) is 7.83. The van der Waals surface area contributed by atoms with Crippen molar-refractivity contribution in [3.63, 3.8) is 0 Å². The monoisotopic (exact) mass is 276 g/mol. The fraction of sp³-hybridized carbons (Fsp3) is 0.647. The summed E-state index contributed by atoms with van der Waals surface area (Å²) in [5, 5.41) is 0. The third-order valence-corrected chi connectivity index (χ3v) is 4.39. The van der Waals surface area contributed by atoms with Crippen LogP contribution in [0.2, 0.25) is 0 Å². The molecule has 1 heterocycles. The maximum absolute atomic E-state index is 5.70. The van der Waals surface area contributed by atoms with Gasteiger partial charge in [-0.25, -0.2) is 0 Å². The van der Waals surface area contributed by atoms with E-state index in [1.807, 2.05) is 0 Å². The Kier molecular flexibility index (Phi) is 6.02. The predicted molar refractivity (Wildman–Crippen MR) is 83.6 cm³/mol. The highest BCUT2D eigenvalue weighted by molar-refractivity contribution is 5.30. The first-order chi connectivity index (χ1) is 9.69. The standard InChI is InChI=1S/C17H28N2O/c1-13-8-9-15(11-14(13)2)12-16(19-18)5-3-6-17-7-4-10-20-17/h8-9,11,16-17,19H,3-7,10,12,18H2,1-2H3. The summed E-state index contributed by atoms with van der Waals surface area (Å²) in [6, 6.07) is 7.05. The van der Waals surface area contributed by atoms with Crippen molar-refractivity contribution in [2.45, 2.75) is 64.5 Å². The molecule has 0 aromatic heterocycles. The van der Waals surface area contributed by atoms with Crippen LogP contribution in [-0.2, 0) is 11.2 Å². The van der Waals surface area contributed by atoms with Gasteiger partial charge in [-0.15, -0.1) is 0 Å². The van der Waals surface area contributed by atoms with Crippen molar-refractivity contribution in [1.82, 2.24) is 5.43 Å². The Morgan fingerprint density at radius 1 is 1.35 bits per heavy atom. The Morgan fingerprint density at radius 2 is 2.20 bits per heavy atom. The van der Waals surface area contributed by atoms with Crippen LogP contribution in [0.15, 0.2) is 18.2 Å². The summed E-state index contributed by atoms with van der Waals surface area (Å²) in [6.07, 6.45) is 7.43. The van der Waals surface area contributed by atoms with E-state index in [4.69, 9.17) is 10.6 Å². The minimum absolute atomic E-state index is 0.360. The summed E-state index contributed by atoms with van der Waals surface area (Å²) in [4.78, 5) is 0. The summed E-state index contributed by atoms with van der Waals surface area (Å²) in [5.74, 6) is 5.70. The summed E-state index contributed by atoms with van der Waals surface area (Å²) in [7, 11) is 0. The minimum Gasteiger partial charge on any atom is -0.378 e. The topological polar surface area (TPSA) is 47.3 Å². The molecule has 1 aromatic carbocycles. The number of nitrogens with one attached hydrogen (secondary N) is 1. The molecule has 1 aliphatic heterocycles. The Balaban J connectivity index is 1.77. The molecule has 0 amide bonds. The van der Waals surface area contributed by atoms with Gasteiger partial charge in [0, 0.05) is 12.6 Å². The molecule has 2 rings (SSSR count). The minimum atomic E-state index is 0.360. The highest BCUT2D eigenvalue weighted by Crippen LogP contribution is 2.19. The summed E-state index contributed by atoms with van der Waals surface area (Å²) in [5.41, 5.74) is 7.05. The Labute approximate surface area is 122 Å². The second kappa shape index (κ2) is 7.77. The smallest absolute Gasteiger partial charge is 0.0576 e. The van der Waals surface area contributed by atoms with Crippen LogP contribution in [0.4, 0.5) is 0 Å². The molecule has 3 N–H and O–H groups in total. The van der Waals surface area contributed by atoms with Crippen LogP contribution in [0.1, 0.15) is 48.8 Å². The Bertz CT molecular complexity index is 413. The van der Waals surface area contributed by atoms with Crippen LogP contribution >= 0.6 is 0 Å². The summed E-state index contributed by atoms with van der Waals surface area (Å²) in [6.45, 7) is 5.27. The van der Waals surface area contributed by atoms with Gasteiger partial charge in [0.15, 0.2) is 0 Å².